The van der Waals surface area contributed by atoms with Crippen LogP contribution in [0.2, 0.25) is 0 Å². The smallest absolute Gasteiger partial charge is 0.264 e. The molecule has 3 rings (SSSR count). The van der Waals surface area contributed by atoms with Gasteiger partial charge in [-0.2, -0.15) is 0 Å². The van der Waals surface area contributed by atoms with Crippen LogP contribution < -0.4 is 5.32 Å². The first kappa shape index (κ1) is 14.3. The number of nitrogens with one attached hydrogen (secondary N) is 1. The summed E-state index contributed by atoms with van der Waals surface area (Å²) in [5.41, 5.74) is 0.957. The maximum absolute atomic E-state index is 13.6. The maximum atomic E-state index is 13.6. The molecule has 22 heavy (non-hydrogen) atoms. The minimum Gasteiger partial charge on any atom is -0.508 e. The summed E-state index contributed by atoms with van der Waals surface area (Å²) >= 11 is 1.14. The topological polar surface area (TPSA) is 61.7 Å². The van der Waals surface area contributed by atoms with Crippen LogP contribution in [-0.2, 0) is 4.79 Å². The lowest BCUT2D eigenvalue weighted by Gasteiger charge is -1.97. The second-order valence-corrected chi connectivity index (χ2v) is 5.55. The fourth-order valence-electron chi connectivity index (χ4n) is 1.86. The minimum absolute atomic E-state index is 0.146. The van der Waals surface area contributed by atoms with E-state index in [0.717, 1.165) is 11.8 Å². The molecule has 0 spiro atoms. The van der Waals surface area contributed by atoms with Crippen molar-refractivity contribution in [3.63, 3.8) is 0 Å². The van der Waals surface area contributed by atoms with Crippen molar-refractivity contribution in [2.24, 2.45) is 4.99 Å². The fraction of sp³-hybridized carbons (Fsp3) is 0. The number of rotatable bonds is 2. The van der Waals surface area contributed by atoms with E-state index in [9.17, 15) is 14.3 Å². The number of phenols is 1. The van der Waals surface area contributed by atoms with Crippen LogP contribution in [0.3, 0.4) is 0 Å². The molecule has 1 amide bonds. The van der Waals surface area contributed by atoms with E-state index in [1.54, 1.807) is 30.3 Å². The van der Waals surface area contributed by atoms with Crippen LogP contribution in [0, 0.1) is 5.82 Å². The predicted molar refractivity (Wildman–Crippen MR) is 85.3 cm³/mol. The Bertz CT molecular complexity index is 785. The third-order valence-corrected chi connectivity index (χ3v) is 3.83. The molecular formula is C16H11FN2O2S. The first-order valence-electron chi connectivity index (χ1n) is 6.45. The minimum atomic E-state index is -0.382. The quantitative estimate of drug-likeness (QED) is 0.835. The van der Waals surface area contributed by atoms with E-state index in [0.29, 0.717) is 21.3 Å². The summed E-state index contributed by atoms with van der Waals surface area (Å²) < 4.78 is 13.6. The van der Waals surface area contributed by atoms with Crippen molar-refractivity contribution < 1.29 is 14.3 Å². The lowest BCUT2D eigenvalue weighted by molar-refractivity contribution is -0.115. The molecule has 1 fully saturated rings. The number of carbonyl (C=O) groups excluding carboxylic acids is 1. The number of hydrogen-bond donors (Lipinski definition) is 2. The summed E-state index contributed by atoms with van der Waals surface area (Å²) in [6, 6.07) is 12.5. The van der Waals surface area contributed by atoms with Crippen LogP contribution >= 0.6 is 11.8 Å². The molecule has 0 atom stereocenters. The van der Waals surface area contributed by atoms with Gasteiger partial charge in [0, 0.05) is 5.56 Å². The van der Waals surface area contributed by atoms with Crippen LogP contribution in [0.25, 0.3) is 6.08 Å². The zero-order valence-corrected chi connectivity index (χ0v) is 12.1. The van der Waals surface area contributed by atoms with Crippen molar-refractivity contribution in [2.45, 2.75) is 0 Å². The summed E-state index contributed by atoms with van der Waals surface area (Å²) in [5.74, 6) is -0.551. The Balaban J connectivity index is 1.84. The highest BCUT2D eigenvalue weighted by Gasteiger charge is 2.24. The second kappa shape index (κ2) is 6.03. The Morgan fingerprint density at radius 1 is 1.14 bits per heavy atom. The number of amidine groups is 1. The van der Waals surface area contributed by atoms with Gasteiger partial charge in [-0.15, -0.1) is 0 Å². The van der Waals surface area contributed by atoms with Gasteiger partial charge in [0.2, 0.25) is 0 Å². The van der Waals surface area contributed by atoms with Gasteiger partial charge in [-0.1, -0.05) is 18.2 Å². The molecule has 0 radical (unpaired) electrons. The number of aromatic hydroxyl groups is 1. The predicted octanol–water partition coefficient (Wildman–Crippen LogP) is 3.42. The normalized spacial score (nSPS) is 18.0. The molecule has 0 bridgehead atoms. The molecule has 0 aromatic heterocycles. The van der Waals surface area contributed by atoms with Crippen molar-refractivity contribution in [3.8, 4) is 5.75 Å². The largest absolute Gasteiger partial charge is 0.508 e. The molecular weight excluding hydrogens is 303 g/mol. The number of amides is 1. The lowest BCUT2D eigenvalue weighted by atomic mass is 10.2. The standard InChI is InChI=1S/C16H11FN2O2S/c17-13-4-2-1-3-10(13)9-14-15(21)19-16(22-14)18-11-5-7-12(20)8-6-11/h1-9,20H,(H,18,19,21)/b14-9+. The average Bonchev–Trinajstić information content (AvgIpc) is 2.84. The summed E-state index contributed by atoms with van der Waals surface area (Å²) in [5, 5.41) is 12.3. The monoisotopic (exact) mass is 314 g/mol. The summed E-state index contributed by atoms with van der Waals surface area (Å²) in [4.78, 5) is 16.5. The third-order valence-electron chi connectivity index (χ3n) is 2.92. The summed E-state index contributed by atoms with van der Waals surface area (Å²) in [6.45, 7) is 0. The summed E-state index contributed by atoms with van der Waals surface area (Å²) in [7, 11) is 0. The number of carbonyl (C=O) groups is 1. The highest BCUT2D eigenvalue weighted by Crippen LogP contribution is 2.28. The molecule has 4 nitrogen and oxygen atoms in total. The average molecular weight is 314 g/mol. The van der Waals surface area contributed by atoms with Gasteiger partial charge in [-0.3, -0.25) is 4.79 Å². The van der Waals surface area contributed by atoms with E-state index in [-0.39, 0.29) is 17.5 Å². The van der Waals surface area contributed by atoms with Gasteiger partial charge in [0.1, 0.15) is 11.6 Å². The van der Waals surface area contributed by atoms with Gasteiger partial charge in [-0.05, 0) is 48.2 Å². The van der Waals surface area contributed by atoms with Gasteiger partial charge in [0.05, 0.1) is 10.6 Å². The molecule has 2 aromatic rings. The van der Waals surface area contributed by atoms with Crippen molar-refractivity contribution in [3.05, 3.63) is 64.8 Å². The van der Waals surface area contributed by atoms with E-state index < -0.39 is 0 Å². The van der Waals surface area contributed by atoms with Crippen molar-refractivity contribution in [1.82, 2.24) is 5.32 Å². The summed E-state index contributed by atoms with van der Waals surface area (Å²) in [6.07, 6.45) is 1.49. The van der Waals surface area contributed by atoms with Crippen LogP contribution in [0.1, 0.15) is 5.56 Å². The highest BCUT2D eigenvalue weighted by atomic mass is 32.2. The first-order valence-corrected chi connectivity index (χ1v) is 7.26. The molecule has 1 saturated heterocycles. The second-order valence-electron chi connectivity index (χ2n) is 4.52. The third kappa shape index (κ3) is 3.17. The van der Waals surface area contributed by atoms with Crippen LogP contribution in [0.5, 0.6) is 5.75 Å². The molecule has 6 heteroatoms. The molecule has 2 aromatic carbocycles. The highest BCUT2D eigenvalue weighted by molar-refractivity contribution is 8.18. The van der Waals surface area contributed by atoms with Gasteiger partial charge in [0.15, 0.2) is 5.17 Å². The van der Waals surface area contributed by atoms with Crippen LogP contribution in [0.4, 0.5) is 10.1 Å². The number of aliphatic imine (C=N–C) groups is 1. The molecule has 0 unspecified atom stereocenters. The van der Waals surface area contributed by atoms with Crippen molar-refractivity contribution in [1.29, 1.82) is 0 Å². The van der Waals surface area contributed by atoms with E-state index in [2.05, 4.69) is 10.3 Å². The Morgan fingerprint density at radius 2 is 1.86 bits per heavy atom. The Labute approximate surface area is 130 Å². The van der Waals surface area contributed by atoms with E-state index in [4.69, 9.17) is 0 Å². The number of benzene rings is 2. The van der Waals surface area contributed by atoms with Crippen LogP contribution in [-0.4, -0.2) is 16.2 Å². The zero-order chi connectivity index (χ0) is 15.5. The van der Waals surface area contributed by atoms with Gasteiger partial charge >= 0.3 is 0 Å². The molecule has 0 aliphatic carbocycles. The Morgan fingerprint density at radius 3 is 2.59 bits per heavy atom. The van der Waals surface area contributed by atoms with Crippen molar-refractivity contribution in [2.75, 3.05) is 0 Å². The number of thioether (sulfide) groups is 1. The maximum Gasteiger partial charge on any atom is 0.264 e. The number of hydrogen-bond acceptors (Lipinski definition) is 4. The number of halogens is 1. The number of phenolic OH excluding ortho intramolecular Hbond substituents is 1. The zero-order valence-electron chi connectivity index (χ0n) is 11.3. The van der Waals surface area contributed by atoms with Crippen molar-refractivity contribution >= 4 is 34.6 Å². The van der Waals surface area contributed by atoms with Gasteiger partial charge < -0.3 is 10.4 Å². The molecule has 1 aliphatic heterocycles. The molecule has 110 valence electrons. The first-order chi connectivity index (χ1) is 10.6. The lowest BCUT2D eigenvalue weighted by Crippen LogP contribution is -2.19. The number of nitrogens with zero attached hydrogens (tertiary/aromatic N) is 1. The Hall–Kier alpha value is -2.60. The van der Waals surface area contributed by atoms with Gasteiger partial charge in [0.25, 0.3) is 5.91 Å². The molecule has 1 heterocycles. The fourth-order valence-corrected chi connectivity index (χ4v) is 2.69. The van der Waals surface area contributed by atoms with E-state index in [1.807, 2.05) is 0 Å². The molecule has 1 aliphatic rings. The van der Waals surface area contributed by atoms with E-state index >= 15 is 0 Å². The molecule has 2 N–H and O–H groups in total. The SMILES string of the molecule is O=C1NC(=Nc2ccc(O)cc2)S/C1=C/c1ccccc1F. The van der Waals surface area contributed by atoms with Gasteiger partial charge in [-0.25, -0.2) is 9.38 Å². The Kier molecular flexibility index (Phi) is 3.93. The van der Waals surface area contributed by atoms with Crippen LogP contribution in [0.15, 0.2) is 58.4 Å². The van der Waals surface area contributed by atoms with E-state index in [1.165, 1.54) is 24.3 Å². The molecule has 0 saturated carbocycles.